The number of nitrogens with zero attached hydrogens (tertiary/aromatic N) is 1. The quantitative estimate of drug-likeness (QED) is 0.733. The molecule has 0 aromatic heterocycles. The fourth-order valence-electron chi connectivity index (χ4n) is 2.63. The zero-order chi connectivity index (χ0) is 13.1. The van der Waals surface area contributed by atoms with E-state index >= 15 is 0 Å². The van der Waals surface area contributed by atoms with Gasteiger partial charge >= 0.3 is 5.97 Å². The van der Waals surface area contributed by atoms with Crippen LogP contribution in [0.4, 0.5) is 0 Å². The Morgan fingerprint density at radius 1 is 1.22 bits per heavy atom. The van der Waals surface area contributed by atoms with Crippen LogP contribution in [-0.4, -0.2) is 46.4 Å². The zero-order valence-corrected chi connectivity index (χ0v) is 10.2. The Kier molecular flexibility index (Phi) is 3.84. The maximum Gasteiger partial charge on any atom is 0.326 e. The normalized spacial score (nSPS) is 28.7. The largest absolute Gasteiger partial charge is 0.480 e. The highest BCUT2D eigenvalue weighted by Crippen LogP contribution is 2.20. The summed E-state index contributed by atoms with van der Waals surface area (Å²) in [6.07, 6.45) is 3.93. The summed E-state index contributed by atoms with van der Waals surface area (Å²) in [5, 5.41) is 11.8. The van der Waals surface area contributed by atoms with Crippen molar-refractivity contribution in [3.63, 3.8) is 0 Å². The minimum atomic E-state index is -0.949. The van der Waals surface area contributed by atoms with Gasteiger partial charge in [-0.3, -0.25) is 9.59 Å². The first kappa shape index (κ1) is 12.9. The Bertz CT molecular complexity index is 369. The van der Waals surface area contributed by atoms with E-state index < -0.39 is 18.1 Å². The van der Waals surface area contributed by atoms with Gasteiger partial charge in [0.15, 0.2) is 0 Å². The van der Waals surface area contributed by atoms with Gasteiger partial charge in [-0.2, -0.15) is 0 Å². The molecule has 2 rings (SSSR count). The van der Waals surface area contributed by atoms with Crippen LogP contribution in [0, 0.1) is 0 Å². The smallest absolute Gasteiger partial charge is 0.326 e. The molecule has 2 heterocycles. The number of hydrogen-bond donors (Lipinski definition) is 2. The SMILES string of the molecule is O=C1CCC(C(=O)N2CCCCCC2C(=O)O)N1. The van der Waals surface area contributed by atoms with Crippen LogP contribution >= 0.6 is 0 Å². The van der Waals surface area contributed by atoms with Crippen molar-refractivity contribution in [2.45, 2.75) is 50.6 Å². The third-order valence-corrected chi connectivity index (χ3v) is 3.61. The van der Waals surface area contributed by atoms with Crippen molar-refractivity contribution < 1.29 is 19.5 Å². The van der Waals surface area contributed by atoms with Crippen molar-refractivity contribution in [2.24, 2.45) is 0 Å². The van der Waals surface area contributed by atoms with E-state index in [1.165, 1.54) is 4.90 Å². The Hall–Kier alpha value is -1.59. The van der Waals surface area contributed by atoms with Crippen molar-refractivity contribution >= 4 is 17.8 Å². The lowest BCUT2D eigenvalue weighted by atomic mass is 10.1. The minimum absolute atomic E-state index is 0.130. The third kappa shape index (κ3) is 2.63. The highest BCUT2D eigenvalue weighted by molar-refractivity contribution is 5.92. The van der Waals surface area contributed by atoms with Gasteiger partial charge in [0.25, 0.3) is 0 Å². The summed E-state index contributed by atoms with van der Waals surface area (Å²) in [5.41, 5.74) is 0. The van der Waals surface area contributed by atoms with E-state index in [2.05, 4.69) is 5.32 Å². The van der Waals surface area contributed by atoms with Crippen LogP contribution in [-0.2, 0) is 14.4 Å². The molecule has 2 amide bonds. The topological polar surface area (TPSA) is 86.7 Å². The number of rotatable bonds is 2. The fourth-order valence-corrected chi connectivity index (χ4v) is 2.63. The molecule has 2 atom stereocenters. The summed E-state index contributed by atoms with van der Waals surface area (Å²) in [4.78, 5) is 36.0. The van der Waals surface area contributed by atoms with E-state index in [0.717, 1.165) is 19.3 Å². The Morgan fingerprint density at radius 3 is 2.61 bits per heavy atom. The zero-order valence-electron chi connectivity index (χ0n) is 10.2. The number of hydrogen-bond acceptors (Lipinski definition) is 3. The molecule has 0 aromatic rings. The minimum Gasteiger partial charge on any atom is -0.480 e. The van der Waals surface area contributed by atoms with E-state index in [1.807, 2.05) is 0 Å². The molecular formula is C12H18N2O4. The van der Waals surface area contributed by atoms with Gasteiger partial charge in [-0.25, -0.2) is 4.79 Å². The summed E-state index contributed by atoms with van der Waals surface area (Å²) in [7, 11) is 0. The number of nitrogens with one attached hydrogen (secondary N) is 1. The maximum atomic E-state index is 12.3. The molecule has 6 heteroatoms. The summed E-state index contributed by atoms with van der Waals surface area (Å²) < 4.78 is 0. The molecule has 0 radical (unpaired) electrons. The molecule has 0 spiro atoms. The molecule has 2 unspecified atom stereocenters. The van der Waals surface area contributed by atoms with Crippen molar-refractivity contribution in [3.05, 3.63) is 0 Å². The molecular weight excluding hydrogens is 236 g/mol. The molecule has 2 aliphatic heterocycles. The first-order valence-corrected chi connectivity index (χ1v) is 6.42. The number of likely N-dealkylation sites (tertiary alicyclic amines) is 1. The lowest BCUT2D eigenvalue weighted by Gasteiger charge is -2.29. The fraction of sp³-hybridized carbons (Fsp3) is 0.750. The molecule has 6 nitrogen and oxygen atoms in total. The Labute approximate surface area is 105 Å². The van der Waals surface area contributed by atoms with Crippen molar-refractivity contribution in [3.8, 4) is 0 Å². The van der Waals surface area contributed by atoms with Crippen LogP contribution in [0.25, 0.3) is 0 Å². The van der Waals surface area contributed by atoms with Gasteiger partial charge in [-0.15, -0.1) is 0 Å². The molecule has 2 fully saturated rings. The van der Waals surface area contributed by atoms with E-state index in [9.17, 15) is 19.5 Å². The number of carboxylic acid groups (broad SMARTS) is 1. The molecule has 0 aromatic carbocycles. The van der Waals surface area contributed by atoms with Gasteiger partial charge in [0.05, 0.1) is 0 Å². The molecule has 0 aliphatic carbocycles. The lowest BCUT2D eigenvalue weighted by Crippen LogP contribution is -2.51. The summed E-state index contributed by atoms with van der Waals surface area (Å²) in [5.74, 6) is -1.32. The average molecular weight is 254 g/mol. The van der Waals surface area contributed by atoms with Gasteiger partial charge in [-0.1, -0.05) is 12.8 Å². The Balaban J connectivity index is 2.09. The summed E-state index contributed by atoms with van der Waals surface area (Å²) in [6, 6.07) is -1.27. The van der Waals surface area contributed by atoms with Crippen LogP contribution < -0.4 is 5.32 Å². The number of aliphatic carboxylic acids is 1. The van der Waals surface area contributed by atoms with Gasteiger partial charge in [-0.05, 0) is 19.3 Å². The molecule has 0 saturated carbocycles. The second-order valence-electron chi connectivity index (χ2n) is 4.89. The predicted octanol–water partition coefficient (Wildman–Crippen LogP) is 0.121. The molecule has 2 saturated heterocycles. The van der Waals surface area contributed by atoms with Crippen LogP contribution in [0.1, 0.15) is 38.5 Å². The lowest BCUT2D eigenvalue weighted by molar-refractivity contribution is -0.151. The standard InChI is InChI=1S/C12H18N2O4/c15-10-6-5-8(13-10)11(16)14-7-3-1-2-4-9(14)12(17)18/h8-9H,1-7H2,(H,13,15)(H,17,18). The average Bonchev–Trinajstić information content (AvgIpc) is 2.63. The molecule has 18 heavy (non-hydrogen) atoms. The van der Waals surface area contributed by atoms with Gasteiger partial charge < -0.3 is 15.3 Å². The van der Waals surface area contributed by atoms with Gasteiger partial charge in [0.1, 0.15) is 12.1 Å². The van der Waals surface area contributed by atoms with Gasteiger partial charge in [0, 0.05) is 13.0 Å². The van der Waals surface area contributed by atoms with E-state index in [-0.39, 0.29) is 11.8 Å². The van der Waals surface area contributed by atoms with Crippen molar-refractivity contribution in [1.82, 2.24) is 10.2 Å². The predicted molar refractivity (Wildman–Crippen MR) is 62.8 cm³/mol. The maximum absolute atomic E-state index is 12.3. The number of carbonyl (C=O) groups excluding carboxylic acids is 2. The molecule has 2 aliphatic rings. The van der Waals surface area contributed by atoms with Crippen LogP contribution in [0.15, 0.2) is 0 Å². The molecule has 0 bridgehead atoms. The number of amides is 2. The highest BCUT2D eigenvalue weighted by Gasteiger charge is 2.36. The van der Waals surface area contributed by atoms with Crippen LogP contribution in [0.5, 0.6) is 0 Å². The van der Waals surface area contributed by atoms with Crippen molar-refractivity contribution in [2.75, 3.05) is 6.54 Å². The van der Waals surface area contributed by atoms with Crippen molar-refractivity contribution in [1.29, 1.82) is 0 Å². The van der Waals surface area contributed by atoms with E-state index in [1.54, 1.807) is 0 Å². The van der Waals surface area contributed by atoms with E-state index in [4.69, 9.17) is 0 Å². The van der Waals surface area contributed by atoms with Crippen LogP contribution in [0.3, 0.4) is 0 Å². The summed E-state index contributed by atoms with van der Waals surface area (Å²) in [6.45, 7) is 0.474. The summed E-state index contributed by atoms with van der Waals surface area (Å²) >= 11 is 0. The number of carboxylic acids is 1. The van der Waals surface area contributed by atoms with E-state index in [0.29, 0.717) is 25.8 Å². The molecule has 100 valence electrons. The van der Waals surface area contributed by atoms with Crippen LogP contribution in [0.2, 0.25) is 0 Å². The first-order chi connectivity index (χ1) is 8.59. The Morgan fingerprint density at radius 2 is 2.00 bits per heavy atom. The highest BCUT2D eigenvalue weighted by atomic mass is 16.4. The molecule has 2 N–H and O–H groups in total. The second kappa shape index (κ2) is 5.37. The third-order valence-electron chi connectivity index (χ3n) is 3.61. The first-order valence-electron chi connectivity index (χ1n) is 6.42. The second-order valence-corrected chi connectivity index (χ2v) is 4.89. The number of carbonyl (C=O) groups is 3. The monoisotopic (exact) mass is 254 g/mol. The van der Waals surface area contributed by atoms with Gasteiger partial charge in [0.2, 0.25) is 11.8 Å².